The highest BCUT2D eigenvalue weighted by molar-refractivity contribution is 5.81. The van der Waals surface area contributed by atoms with Crippen molar-refractivity contribution >= 4 is 5.91 Å². The summed E-state index contributed by atoms with van der Waals surface area (Å²) in [5.74, 6) is 0.0635. The summed E-state index contributed by atoms with van der Waals surface area (Å²) in [6.07, 6.45) is 2.02. The molecule has 1 rings (SSSR count). The van der Waals surface area contributed by atoms with Gasteiger partial charge in [-0.2, -0.15) is 0 Å². The average Bonchev–Trinajstić information content (AvgIpc) is 2.36. The Morgan fingerprint density at radius 2 is 2.06 bits per heavy atom. The molecule has 0 bridgehead atoms. The maximum Gasteiger partial charge on any atom is 0.239 e. The molecule has 1 heterocycles. The van der Waals surface area contributed by atoms with Gasteiger partial charge in [-0.25, -0.2) is 0 Å². The zero-order valence-corrected chi connectivity index (χ0v) is 11.7. The molecule has 2 atom stereocenters. The summed E-state index contributed by atoms with van der Waals surface area (Å²) in [6.45, 7) is 5.43. The van der Waals surface area contributed by atoms with Crippen LogP contribution in [0, 0.1) is 5.92 Å². The van der Waals surface area contributed by atoms with Crippen LogP contribution in [0.1, 0.15) is 33.1 Å². The molecule has 18 heavy (non-hydrogen) atoms. The van der Waals surface area contributed by atoms with Crippen molar-refractivity contribution in [1.82, 2.24) is 4.90 Å². The van der Waals surface area contributed by atoms with Crippen molar-refractivity contribution in [3.63, 3.8) is 0 Å². The lowest BCUT2D eigenvalue weighted by molar-refractivity contribution is -0.139. The van der Waals surface area contributed by atoms with E-state index in [0.29, 0.717) is 32.6 Å². The lowest BCUT2D eigenvalue weighted by Gasteiger charge is -2.36. The molecule has 0 saturated carbocycles. The highest BCUT2D eigenvalue weighted by Gasteiger charge is 2.34. The van der Waals surface area contributed by atoms with Gasteiger partial charge in [0, 0.05) is 39.6 Å². The lowest BCUT2D eigenvalue weighted by Crippen LogP contribution is -2.52. The predicted octanol–water partition coefficient (Wildman–Crippen LogP) is 0.360. The Bertz CT molecular complexity index is 277. The van der Waals surface area contributed by atoms with Crippen LogP contribution in [0.5, 0.6) is 0 Å². The molecule has 5 nitrogen and oxygen atoms in total. The molecular formula is C13H26N2O3. The van der Waals surface area contributed by atoms with E-state index in [4.69, 9.17) is 10.5 Å². The van der Waals surface area contributed by atoms with Gasteiger partial charge >= 0.3 is 0 Å². The van der Waals surface area contributed by atoms with E-state index < -0.39 is 11.6 Å². The van der Waals surface area contributed by atoms with Gasteiger partial charge in [0.25, 0.3) is 0 Å². The Morgan fingerprint density at radius 3 is 2.56 bits per heavy atom. The largest absolute Gasteiger partial charge is 0.388 e. The lowest BCUT2D eigenvalue weighted by atomic mass is 9.93. The number of ether oxygens (including phenoxy) is 1. The molecule has 1 saturated heterocycles. The van der Waals surface area contributed by atoms with Gasteiger partial charge in [-0.15, -0.1) is 0 Å². The first-order valence-corrected chi connectivity index (χ1v) is 6.70. The maximum absolute atomic E-state index is 12.1. The number of nitrogens with zero attached hydrogens (tertiary/aromatic N) is 1. The van der Waals surface area contributed by atoms with E-state index in [1.807, 2.05) is 13.8 Å². The molecule has 0 radical (unpaired) electrons. The Labute approximate surface area is 109 Å². The third kappa shape index (κ3) is 3.93. The first kappa shape index (κ1) is 15.4. The Hall–Kier alpha value is -0.650. The van der Waals surface area contributed by atoms with E-state index in [1.165, 1.54) is 0 Å². The van der Waals surface area contributed by atoms with Crippen LogP contribution in [0.2, 0.25) is 0 Å². The topological polar surface area (TPSA) is 75.8 Å². The van der Waals surface area contributed by atoms with Gasteiger partial charge in [-0.1, -0.05) is 20.3 Å². The van der Waals surface area contributed by atoms with Crippen molar-refractivity contribution in [1.29, 1.82) is 0 Å². The van der Waals surface area contributed by atoms with Gasteiger partial charge in [-0.3, -0.25) is 4.79 Å². The molecular weight excluding hydrogens is 232 g/mol. The summed E-state index contributed by atoms with van der Waals surface area (Å²) in [5, 5.41) is 10.4. The first-order chi connectivity index (χ1) is 8.39. The van der Waals surface area contributed by atoms with Crippen molar-refractivity contribution in [3.8, 4) is 0 Å². The molecule has 0 aromatic heterocycles. The van der Waals surface area contributed by atoms with Gasteiger partial charge in [-0.05, 0) is 5.92 Å². The normalized spacial score (nSPS) is 22.3. The molecule has 2 unspecified atom stereocenters. The van der Waals surface area contributed by atoms with E-state index in [9.17, 15) is 9.90 Å². The second kappa shape index (κ2) is 6.50. The number of likely N-dealkylation sites (N-methyl/N-ethyl adjacent to an activating group) is 1. The summed E-state index contributed by atoms with van der Waals surface area (Å²) >= 11 is 0. The van der Waals surface area contributed by atoms with Crippen LogP contribution in [0.25, 0.3) is 0 Å². The Morgan fingerprint density at radius 1 is 1.50 bits per heavy atom. The number of carbonyl (C=O) groups is 1. The number of aliphatic hydroxyl groups is 1. The van der Waals surface area contributed by atoms with Crippen LogP contribution in [0.15, 0.2) is 0 Å². The van der Waals surface area contributed by atoms with Crippen LogP contribution in [0.4, 0.5) is 0 Å². The number of rotatable bonds is 5. The SMILES string of the molecule is CCC(C)C(N)C(=O)N(C)CC1(O)CCOCC1. The number of amides is 1. The summed E-state index contributed by atoms with van der Waals surface area (Å²) in [6, 6.07) is -0.483. The molecule has 1 aliphatic heterocycles. The van der Waals surface area contributed by atoms with E-state index in [1.54, 1.807) is 11.9 Å². The van der Waals surface area contributed by atoms with Crippen molar-refractivity contribution in [3.05, 3.63) is 0 Å². The third-order valence-corrected chi connectivity index (χ3v) is 3.87. The van der Waals surface area contributed by atoms with E-state index >= 15 is 0 Å². The monoisotopic (exact) mass is 258 g/mol. The molecule has 1 fully saturated rings. The van der Waals surface area contributed by atoms with Crippen LogP contribution < -0.4 is 5.73 Å². The molecule has 0 aromatic rings. The zero-order valence-electron chi connectivity index (χ0n) is 11.7. The fraction of sp³-hybridized carbons (Fsp3) is 0.923. The second-order valence-corrected chi connectivity index (χ2v) is 5.44. The molecule has 0 spiro atoms. The predicted molar refractivity (Wildman–Crippen MR) is 70.1 cm³/mol. The molecule has 0 aromatic carbocycles. The summed E-state index contributed by atoms with van der Waals surface area (Å²) < 4.78 is 5.22. The second-order valence-electron chi connectivity index (χ2n) is 5.44. The quantitative estimate of drug-likeness (QED) is 0.746. The fourth-order valence-electron chi connectivity index (χ4n) is 2.18. The molecule has 3 N–H and O–H groups in total. The standard InChI is InChI=1S/C13H26N2O3/c1-4-10(2)11(14)12(16)15(3)9-13(17)5-7-18-8-6-13/h10-11,17H,4-9,14H2,1-3H3. The van der Waals surface area contributed by atoms with Crippen LogP contribution in [-0.2, 0) is 9.53 Å². The molecule has 106 valence electrons. The minimum absolute atomic E-state index is 0.0933. The molecule has 5 heteroatoms. The number of carbonyl (C=O) groups excluding carboxylic acids is 1. The van der Waals surface area contributed by atoms with Crippen molar-refractivity contribution in [2.75, 3.05) is 26.8 Å². The third-order valence-electron chi connectivity index (χ3n) is 3.87. The minimum atomic E-state index is -0.822. The smallest absolute Gasteiger partial charge is 0.239 e. The summed E-state index contributed by atoms with van der Waals surface area (Å²) in [4.78, 5) is 13.7. The van der Waals surface area contributed by atoms with Crippen molar-refractivity contribution < 1.29 is 14.6 Å². The van der Waals surface area contributed by atoms with Crippen LogP contribution >= 0.6 is 0 Å². The molecule has 1 aliphatic rings. The fourth-order valence-corrected chi connectivity index (χ4v) is 2.18. The highest BCUT2D eigenvalue weighted by atomic mass is 16.5. The molecule has 1 amide bonds. The highest BCUT2D eigenvalue weighted by Crippen LogP contribution is 2.21. The summed E-state index contributed by atoms with van der Waals surface area (Å²) in [5.41, 5.74) is 5.10. The number of hydrogen-bond donors (Lipinski definition) is 2. The zero-order chi connectivity index (χ0) is 13.8. The number of hydrogen-bond acceptors (Lipinski definition) is 4. The summed E-state index contributed by atoms with van der Waals surface area (Å²) in [7, 11) is 1.71. The minimum Gasteiger partial charge on any atom is -0.388 e. The van der Waals surface area contributed by atoms with E-state index in [2.05, 4.69) is 0 Å². The maximum atomic E-state index is 12.1. The Kier molecular flexibility index (Phi) is 5.56. The van der Waals surface area contributed by atoms with E-state index in [0.717, 1.165) is 6.42 Å². The number of nitrogens with two attached hydrogens (primary N) is 1. The van der Waals surface area contributed by atoms with Crippen molar-refractivity contribution in [2.24, 2.45) is 11.7 Å². The van der Waals surface area contributed by atoms with E-state index in [-0.39, 0.29) is 11.8 Å². The van der Waals surface area contributed by atoms with Gasteiger partial charge in [0.15, 0.2) is 0 Å². The van der Waals surface area contributed by atoms with Gasteiger partial charge in [0.2, 0.25) is 5.91 Å². The van der Waals surface area contributed by atoms with Crippen LogP contribution in [-0.4, -0.2) is 54.4 Å². The Balaban J connectivity index is 2.53. The van der Waals surface area contributed by atoms with Gasteiger partial charge in [0.05, 0.1) is 11.6 Å². The van der Waals surface area contributed by atoms with Crippen LogP contribution in [0.3, 0.4) is 0 Å². The van der Waals surface area contributed by atoms with Crippen molar-refractivity contribution in [2.45, 2.75) is 44.8 Å². The van der Waals surface area contributed by atoms with Gasteiger partial charge in [0.1, 0.15) is 0 Å². The first-order valence-electron chi connectivity index (χ1n) is 6.70. The van der Waals surface area contributed by atoms with Gasteiger partial charge < -0.3 is 20.5 Å². The average molecular weight is 258 g/mol. The molecule has 0 aliphatic carbocycles.